The Kier molecular flexibility index (Phi) is 5.20. The van der Waals surface area contributed by atoms with Gasteiger partial charge < -0.3 is 13.6 Å². The lowest BCUT2D eigenvalue weighted by Gasteiger charge is -2.14. The van der Waals surface area contributed by atoms with E-state index in [4.69, 9.17) is 4.42 Å². The Morgan fingerprint density at radius 2 is 1.24 bits per heavy atom. The Morgan fingerprint density at radius 1 is 0.500 bits per heavy atom. The van der Waals surface area contributed by atoms with Gasteiger partial charge >= 0.3 is 0 Å². The number of hydrogen-bond donors (Lipinski definition) is 0. The van der Waals surface area contributed by atoms with Gasteiger partial charge in [-0.25, -0.2) is 0 Å². The molecule has 0 N–H and O–H groups in total. The fraction of sp³-hybridized carbons (Fsp3) is 0.0233. The zero-order valence-corrected chi connectivity index (χ0v) is 25.1. The van der Waals surface area contributed by atoms with Gasteiger partial charge in [0.15, 0.2) is 0 Å². The third kappa shape index (κ3) is 3.54. The van der Waals surface area contributed by atoms with E-state index in [0.717, 1.165) is 50.9 Å². The Morgan fingerprint density at radius 3 is 2.11 bits per heavy atom. The molecule has 9 aromatic rings. The van der Waals surface area contributed by atoms with Gasteiger partial charge in [0.2, 0.25) is 0 Å². The highest BCUT2D eigenvalue weighted by Gasteiger charge is 2.25. The molecule has 0 amide bonds. The molecule has 1 aliphatic carbocycles. The predicted molar refractivity (Wildman–Crippen MR) is 192 cm³/mol. The topological polar surface area (TPSA) is 23.0 Å². The van der Waals surface area contributed by atoms with Crippen molar-refractivity contribution < 1.29 is 4.42 Å². The van der Waals surface area contributed by atoms with Crippen LogP contribution in [-0.4, -0.2) is 9.13 Å². The number of para-hydroxylation sites is 2. The molecule has 0 radical (unpaired) electrons. The van der Waals surface area contributed by atoms with Gasteiger partial charge in [0.05, 0.1) is 22.2 Å². The van der Waals surface area contributed by atoms with Gasteiger partial charge in [-0.2, -0.15) is 0 Å². The smallest absolute Gasteiger partial charge is 0.136 e. The fourth-order valence-electron chi connectivity index (χ4n) is 7.58. The molecule has 0 saturated heterocycles. The first kappa shape index (κ1) is 25.3. The summed E-state index contributed by atoms with van der Waals surface area (Å²) in [5, 5.41) is 5.99. The lowest BCUT2D eigenvalue weighted by Crippen LogP contribution is -2.02. The maximum Gasteiger partial charge on any atom is 0.136 e. The molecular weight excluding hydrogens is 560 g/mol. The third-order valence-electron chi connectivity index (χ3n) is 9.62. The number of furan rings is 1. The molecule has 216 valence electrons. The van der Waals surface area contributed by atoms with Crippen LogP contribution in [0.25, 0.3) is 83.2 Å². The van der Waals surface area contributed by atoms with Crippen LogP contribution in [0.5, 0.6) is 0 Å². The zero-order valence-electron chi connectivity index (χ0n) is 25.1. The highest BCUT2D eigenvalue weighted by atomic mass is 16.3. The van der Waals surface area contributed by atoms with E-state index in [1.165, 1.54) is 49.5 Å². The molecule has 0 bridgehead atoms. The van der Waals surface area contributed by atoms with Crippen molar-refractivity contribution in [3.05, 3.63) is 163 Å². The minimum Gasteiger partial charge on any atom is -0.456 e. The summed E-state index contributed by atoms with van der Waals surface area (Å²) in [5.74, 6) is 0. The van der Waals surface area contributed by atoms with Crippen molar-refractivity contribution in [2.24, 2.45) is 0 Å². The lowest BCUT2D eigenvalue weighted by atomic mass is 9.97. The first-order chi connectivity index (χ1) is 22.7. The molecule has 0 atom stereocenters. The maximum atomic E-state index is 6.45. The van der Waals surface area contributed by atoms with Crippen LogP contribution in [0.3, 0.4) is 0 Å². The predicted octanol–water partition coefficient (Wildman–Crippen LogP) is 11.4. The lowest BCUT2D eigenvalue weighted by molar-refractivity contribution is 0.669. The Bertz CT molecular complexity index is 2720. The second-order valence-corrected chi connectivity index (χ2v) is 12.3. The van der Waals surface area contributed by atoms with Gasteiger partial charge in [0, 0.05) is 38.3 Å². The highest BCUT2D eigenvalue weighted by molar-refractivity contribution is 6.19. The fourth-order valence-corrected chi connectivity index (χ4v) is 7.58. The molecule has 0 unspecified atom stereocenters. The van der Waals surface area contributed by atoms with E-state index in [-0.39, 0.29) is 0 Å². The molecule has 0 saturated carbocycles. The van der Waals surface area contributed by atoms with Gasteiger partial charge in [-0.1, -0.05) is 103 Å². The molecule has 3 aromatic heterocycles. The third-order valence-corrected chi connectivity index (χ3v) is 9.62. The van der Waals surface area contributed by atoms with Crippen LogP contribution in [0, 0.1) is 0 Å². The average molecular weight is 589 g/mol. The number of benzene rings is 6. The van der Waals surface area contributed by atoms with Crippen LogP contribution in [-0.2, 0) is 6.42 Å². The van der Waals surface area contributed by atoms with E-state index >= 15 is 0 Å². The normalized spacial score (nSPS) is 13.1. The number of fused-ring (bicyclic) bond motifs is 10. The van der Waals surface area contributed by atoms with Crippen LogP contribution < -0.4 is 0 Å². The van der Waals surface area contributed by atoms with Crippen molar-refractivity contribution in [3.8, 4) is 22.5 Å². The quantitative estimate of drug-likeness (QED) is 0.201. The number of rotatable bonds is 3. The minimum absolute atomic E-state index is 0.825. The largest absolute Gasteiger partial charge is 0.456 e. The first-order valence-electron chi connectivity index (χ1n) is 15.8. The van der Waals surface area contributed by atoms with Gasteiger partial charge in [0.25, 0.3) is 0 Å². The van der Waals surface area contributed by atoms with Crippen LogP contribution in [0.2, 0.25) is 0 Å². The molecule has 0 aliphatic heterocycles. The minimum atomic E-state index is 0.825. The van der Waals surface area contributed by atoms with E-state index in [2.05, 4.69) is 155 Å². The number of nitrogens with zero attached hydrogens (tertiary/aromatic N) is 2. The number of hydrogen-bond acceptors (Lipinski definition) is 1. The monoisotopic (exact) mass is 588 g/mol. The SMILES string of the molecule is C=C1C=Cc2c(c3ccc4c5ccccc5n(-c5ccccc5)c4c3n2-c2ccc3oc4cc(-c5ccccc5)ccc4c3c2)C1. The molecule has 3 heteroatoms. The molecule has 10 rings (SSSR count). The Balaban J connectivity index is 1.30. The van der Waals surface area contributed by atoms with Crippen LogP contribution in [0.4, 0.5) is 0 Å². The Hall–Kier alpha value is -6.06. The summed E-state index contributed by atoms with van der Waals surface area (Å²) in [7, 11) is 0. The Labute approximate surface area is 265 Å². The number of aromatic nitrogens is 2. The average Bonchev–Trinajstić information content (AvgIpc) is 3.75. The summed E-state index contributed by atoms with van der Waals surface area (Å²) in [5.41, 5.74) is 13.7. The number of allylic oxidation sites excluding steroid dienone is 2. The molecule has 3 nitrogen and oxygen atoms in total. The van der Waals surface area contributed by atoms with Crippen LogP contribution in [0.15, 0.2) is 156 Å². The molecule has 0 fully saturated rings. The van der Waals surface area contributed by atoms with E-state index in [0.29, 0.717) is 0 Å². The summed E-state index contributed by atoms with van der Waals surface area (Å²) in [6.07, 6.45) is 5.23. The van der Waals surface area contributed by atoms with Crippen molar-refractivity contribution in [1.82, 2.24) is 9.13 Å². The summed E-state index contributed by atoms with van der Waals surface area (Å²) in [6, 6.07) is 47.8. The summed E-state index contributed by atoms with van der Waals surface area (Å²) >= 11 is 0. The zero-order chi connectivity index (χ0) is 30.4. The van der Waals surface area contributed by atoms with Crippen molar-refractivity contribution in [2.45, 2.75) is 6.42 Å². The second kappa shape index (κ2) is 9.47. The van der Waals surface area contributed by atoms with Crippen molar-refractivity contribution >= 4 is 60.7 Å². The van der Waals surface area contributed by atoms with Crippen molar-refractivity contribution in [2.75, 3.05) is 0 Å². The molecule has 3 heterocycles. The van der Waals surface area contributed by atoms with Gasteiger partial charge in [-0.05, 0) is 77.7 Å². The van der Waals surface area contributed by atoms with Crippen LogP contribution >= 0.6 is 0 Å². The van der Waals surface area contributed by atoms with Gasteiger partial charge in [0.1, 0.15) is 11.2 Å². The van der Waals surface area contributed by atoms with Crippen LogP contribution in [0.1, 0.15) is 11.3 Å². The molecule has 0 spiro atoms. The van der Waals surface area contributed by atoms with Gasteiger partial charge in [-0.15, -0.1) is 0 Å². The van der Waals surface area contributed by atoms with E-state index in [1.54, 1.807) is 0 Å². The van der Waals surface area contributed by atoms with E-state index in [1.807, 2.05) is 6.07 Å². The molecule has 6 aromatic carbocycles. The summed E-state index contributed by atoms with van der Waals surface area (Å²) in [4.78, 5) is 0. The van der Waals surface area contributed by atoms with Crippen molar-refractivity contribution in [3.63, 3.8) is 0 Å². The second-order valence-electron chi connectivity index (χ2n) is 12.3. The highest BCUT2D eigenvalue weighted by Crippen LogP contribution is 2.43. The first-order valence-corrected chi connectivity index (χ1v) is 15.8. The maximum absolute atomic E-state index is 6.45. The molecule has 46 heavy (non-hydrogen) atoms. The molecular formula is C43H28N2O. The van der Waals surface area contributed by atoms with E-state index < -0.39 is 0 Å². The van der Waals surface area contributed by atoms with Crippen molar-refractivity contribution in [1.29, 1.82) is 0 Å². The summed E-state index contributed by atoms with van der Waals surface area (Å²) < 4.78 is 11.3. The summed E-state index contributed by atoms with van der Waals surface area (Å²) in [6.45, 7) is 4.35. The molecule has 1 aliphatic rings. The standard InChI is InChI=1S/C43H28N2O/c1-27-16-22-39-36(24-27)35-21-20-34-32-14-8-9-15-38(32)44(30-12-6-3-7-13-30)42(34)43(35)45(39)31-18-23-40-37(26-31)33-19-17-29(25-41(33)46-40)28-10-4-2-5-11-28/h2-23,25-26H,1,24H2. The van der Waals surface area contributed by atoms with E-state index in [9.17, 15) is 0 Å². The van der Waals surface area contributed by atoms with Gasteiger partial charge in [-0.3, -0.25) is 0 Å².